The maximum Gasteiger partial charge on any atom is 0.242 e. The number of para-hydroxylation sites is 1. The molecule has 1 aliphatic rings. The maximum atomic E-state index is 12.1. The molecule has 1 amide bonds. The van der Waals surface area contributed by atoms with Crippen molar-refractivity contribution in [3.63, 3.8) is 0 Å². The molecule has 0 saturated heterocycles. The third-order valence-electron chi connectivity index (χ3n) is 3.78. The molecule has 1 aromatic heterocycles. The molecule has 3 rings (SSSR count). The Morgan fingerprint density at radius 3 is 2.86 bits per heavy atom. The summed E-state index contributed by atoms with van der Waals surface area (Å²) in [5, 5.41) is 2.52. The zero-order chi connectivity index (χ0) is 15.5. The van der Waals surface area contributed by atoms with E-state index in [2.05, 4.69) is 22.3 Å². The first-order chi connectivity index (χ1) is 10.7. The van der Waals surface area contributed by atoms with Crippen LogP contribution in [0.25, 0.3) is 10.9 Å². The third kappa shape index (κ3) is 2.66. The number of carbonyl (C=O) groups excluding carboxylic acids is 1. The van der Waals surface area contributed by atoms with Gasteiger partial charge in [0.25, 0.3) is 0 Å². The second kappa shape index (κ2) is 6.13. The van der Waals surface area contributed by atoms with Crippen molar-refractivity contribution >= 4 is 34.0 Å². The van der Waals surface area contributed by atoms with Crippen molar-refractivity contribution in [2.45, 2.75) is 39.5 Å². The Morgan fingerprint density at radius 2 is 2.09 bits per heavy atom. The molecule has 0 saturated carbocycles. The lowest BCUT2D eigenvalue weighted by molar-refractivity contribution is -0.117. The van der Waals surface area contributed by atoms with Crippen LogP contribution < -0.4 is 10.4 Å². The molecule has 1 aromatic carbocycles. The van der Waals surface area contributed by atoms with E-state index in [9.17, 15) is 4.79 Å². The number of hydrogen-bond donors (Lipinski definition) is 1. The van der Waals surface area contributed by atoms with Gasteiger partial charge in [0.1, 0.15) is 17.2 Å². The maximum absolute atomic E-state index is 12.1. The fourth-order valence-corrected chi connectivity index (χ4v) is 2.68. The van der Waals surface area contributed by atoms with Crippen molar-refractivity contribution < 1.29 is 4.79 Å². The van der Waals surface area contributed by atoms with Gasteiger partial charge in [-0.15, -0.1) is 0 Å². The van der Waals surface area contributed by atoms with Gasteiger partial charge >= 0.3 is 0 Å². The number of amides is 1. The zero-order valence-corrected chi connectivity index (χ0v) is 13.0. The molecule has 0 radical (unpaired) electrons. The molecule has 0 spiro atoms. The van der Waals surface area contributed by atoms with Gasteiger partial charge in [-0.25, -0.2) is 10.0 Å². The van der Waals surface area contributed by atoms with Gasteiger partial charge in [0, 0.05) is 18.7 Å². The summed E-state index contributed by atoms with van der Waals surface area (Å²) in [6.07, 6.45) is 5.96. The molecule has 0 atom stereocenters. The lowest BCUT2D eigenvalue weighted by Gasteiger charge is -2.30. The van der Waals surface area contributed by atoms with Crippen LogP contribution in [-0.2, 0) is 4.79 Å². The van der Waals surface area contributed by atoms with Gasteiger partial charge in [-0.05, 0) is 12.5 Å². The van der Waals surface area contributed by atoms with E-state index in [4.69, 9.17) is 0 Å². The van der Waals surface area contributed by atoms with Crippen molar-refractivity contribution in [3.8, 4) is 0 Å². The monoisotopic (exact) mass is 296 g/mol. The van der Waals surface area contributed by atoms with E-state index >= 15 is 0 Å². The molecule has 0 aliphatic carbocycles. The first-order valence-corrected chi connectivity index (χ1v) is 7.73. The van der Waals surface area contributed by atoms with E-state index in [-0.39, 0.29) is 5.91 Å². The van der Waals surface area contributed by atoms with Crippen LogP contribution in [0, 0.1) is 0 Å². The van der Waals surface area contributed by atoms with Gasteiger partial charge in [-0.1, -0.05) is 38.0 Å². The Balaban J connectivity index is 2.06. The molecule has 5 nitrogen and oxygen atoms in total. The standard InChI is InChI=1S/C17H20N4O/c1-3-4-5-10-16-19-15-11-18-14-9-7-6-8-13(14)17(15)21(20-16)12(2)22/h6-9,11H,3-5,10H2,1-2H3,(H,19,20). The van der Waals surface area contributed by atoms with Crippen molar-refractivity contribution in [1.82, 2.24) is 10.4 Å². The van der Waals surface area contributed by atoms with Crippen molar-refractivity contribution in [2.24, 2.45) is 4.99 Å². The van der Waals surface area contributed by atoms with Gasteiger partial charge in [0.05, 0.1) is 11.7 Å². The summed E-state index contributed by atoms with van der Waals surface area (Å²) in [6, 6.07) is 7.80. The summed E-state index contributed by atoms with van der Waals surface area (Å²) in [7, 11) is 0. The van der Waals surface area contributed by atoms with Crippen LogP contribution in [0.5, 0.6) is 0 Å². The molecule has 5 heteroatoms. The highest BCUT2D eigenvalue weighted by Gasteiger charge is 2.24. The molecule has 114 valence electrons. The molecule has 2 aromatic rings. The van der Waals surface area contributed by atoms with E-state index in [1.54, 1.807) is 18.1 Å². The summed E-state index contributed by atoms with van der Waals surface area (Å²) in [5.41, 5.74) is 5.56. The van der Waals surface area contributed by atoms with Gasteiger partial charge in [0.15, 0.2) is 0 Å². The lowest BCUT2D eigenvalue weighted by Crippen LogP contribution is -2.47. The first-order valence-electron chi connectivity index (χ1n) is 7.73. The van der Waals surface area contributed by atoms with Crippen LogP contribution in [0.15, 0.2) is 35.5 Å². The van der Waals surface area contributed by atoms with Crippen LogP contribution >= 0.6 is 0 Å². The van der Waals surface area contributed by atoms with E-state index in [1.165, 1.54) is 0 Å². The minimum absolute atomic E-state index is 0.0551. The predicted molar refractivity (Wildman–Crippen MR) is 89.3 cm³/mol. The quantitative estimate of drug-likeness (QED) is 0.875. The summed E-state index contributed by atoms with van der Waals surface area (Å²) in [6.45, 7) is 3.73. The number of hydrogen-bond acceptors (Lipinski definition) is 4. The number of anilines is 1. The molecule has 2 heterocycles. The SMILES string of the molecule is CCCCCC1=Nc2cnc3ccccc3c2N(C(C)=O)N1. The molecule has 22 heavy (non-hydrogen) atoms. The Kier molecular flexibility index (Phi) is 4.04. The van der Waals surface area contributed by atoms with E-state index in [0.717, 1.165) is 53.8 Å². The number of pyridine rings is 1. The number of nitrogens with one attached hydrogen (secondary N) is 1. The highest BCUT2D eigenvalue weighted by atomic mass is 16.2. The number of hydrazine groups is 1. The fourth-order valence-electron chi connectivity index (χ4n) is 2.68. The Bertz CT molecular complexity index is 739. The third-order valence-corrected chi connectivity index (χ3v) is 3.78. The molecular formula is C17H20N4O. The van der Waals surface area contributed by atoms with Crippen LogP contribution in [-0.4, -0.2) is 16.7 Å². The summed E-state index contributed by atoms with van der Waals surface area (Å²) in [4.78, 5) is 21.2. The Hall–Kier alpha value is -2.43. The number of nitrogens with zero attached hydrogens (tertiary/aromatic N) is 3. The Morgan fingerprint density at radius 1 is 1.27 bits per heavy atom. The lowest BCUT2D eigenvalue weighted by atomic mass is 10.1. The van der Waals surface area contributed by atoms with Crippen molar-refractivity contribution in [2.75, 3.05) is 5.01 Å². The van der Waals surface area contributed by atoms with Crippen molar-refractivity contribution in [1.29, 1.82) is 0 Å². The summed E-state index contributed by atoms with van der Waals surface area (Å²) >= 11 is 0. The highest BCUT2D eigenvalue weighted by Crippen LogP contribution is 2.36. The normalized spacial score (nSPS) is 13.5. The topological polar surface area (TPSA) is 57.6 Å². The largest absolute Gasteiger partial charge is 0.278 e. The summed E-state index contributed by atoms with van der Waals surface area (Å²) < 4.78 is 0. The molecule has 0 fully saturated rings. The van der Waals surface area contributed by atoms with Crippen LogP contribution in [0.2, 0.25) is 0 Å². The Labute approximate surface area is 130 Å². The number of aromatic nitrogens is 1. The molecular weight excluding hydrogens is 276 g/mol. The van der Waals surface area contributed by atoms with Gasteiger partial charge in [-0.2, -0.15) is 0 Å². The average Bonchev–Trinajstić information content (AvgIpc) is 2.54. The average molecular weight is 296 g/mol. The summed E-state index contributed by atoms with van der Waals surface area (Å²) in [5.74, 6) is 0.772. The van der Waals surface area contributed by atoms with E-state index in [1.807, 2.05) is 24.3 Å². The second-order valence-electron chi connectivity index (χ2n) is 5.49. The van der Waals surface area contributed by atoms with Crippen LogP contribution in [0.3, 0.4) is 0 Å². The van der Waals surface area contributed by atoms with Gasteiger partial charge in [-0.3, -0.25) is 15.2 Å². The number of rotatable bonds is 4. The number of amidine groups is 1. The number of aliphatic imine (C=N–C) groups is 1. The van der Waals surface area contributed by atoms with E-state index < -0.39 is 0 Å². The van der Waals surface area contributed by atoms with Crippen molar-refractivity contribution in [3.05, 3.63) is 30.5 Å². The van der Waals surface area contributed by atoms with Gasteiger partial charge < -0.3 is 0 Å². The smallest absolute Gasteiger partial charge is 0.242 e. The van der Waals surface area contributed by atoms with Crippen LogP contribution in [0.1, 0.15) is 39.5 Å². The zero-order valence-electron chi connectivity index (χ0n) is 13.0. The number of fused-ring (bicyclic) bond motifs is 3. The second-order valence-corrected chi connectivity index (χ2v) is 5.49. The van der Waals surface area contributed by atoms with Crippen LogP contribution in [0.4, 0.5) is 11.4 Å². The highest BCUT2D eigenvalue weighted by molar-refractivity contribution is 6.10. The fraction of sp³-hybridized carbons (Fsp3) is 0.353. The number of carbonyl (C=O) groups is 1. The molecule has 0 unspecified atom stereocenters. The molecule has 1 aliphatic heterocycles. The predicted octanol–water partition coefficient (Wildman–Crippen LogP) is 3.72. The van der Waals surface area contributed by atoms with E-state index in [0.29, 0.717) is 0 Å². The minimum Gasteiger partial charge on any atom is -0.278 e. The minimum atomic E-state index is -0.0551. The molecule has 1 N–H and O–H groups in total. The first kappa shape index (κ1) is 14.5. The molecule has 0 bridgehead atoms. The number of benzene rings is 1. The van der Waals surface area contributed by atoms with Gasteiger partial charge in [0.2, 0.25) is 5.91 Å². The number of unbranched alkanes of at least 4 members (excludes halogenated alkanes) is 2.